The van der Waals surface area contributed by atoms with Crippen molar-refractivity contribution in [2.45, 2.75) is 69.6 Å². The van der Waals surface area contributed by atoms with E-state index in [9.17, 15) is 31.2 Å². The van der Waals surface area contributed by atoms with Crippen LogP contribution >= 0.6 is 0 Å². The van der Waals surface area contributed by atoms with Crippen LogP contribution in [0.4, 0.5) is 35.4 Å². The third-order valence-corrected chi connectivity index (χ3v) is 11.1. The van der Waals surface area contributed by atoms with Crippen molar-refractivity contribution in [3.63, 3.8) is 0 Å². The van der Waals surface area contributed by atoms with Crippen LogP contribution in [0, 0.1) is 17.3 Å². The van der Waals surface area contributed by atoms with Gasteiger partial charge < -0.3 is 15.1 Å². The average molecular weight is 650 g/mol. The van der Waals surface area contributed by atoms with E-state index in [0.29, 0.717) is 18.9 Å². The molecule has 2 atom stereocenters. The normalized spacial score (nSPS) is 25.6. The Balaban J connectivity index is 1.33. The summed E-state index contributed by atoms with van der Waals surface area (Å²) in [7, 11) is -4.34. The molecule has 0 aromatic carbocycles. The van der Waals surface area contributed by atoms with Gasteiger partial charge in [-0.1, -0.05) is 13.0 Å². The van der Waals surface area contributed by atoms with Crippen LogP contribution < -0.4 is 19.8 Å². The summed E-state index contributed by atoms with van der Waals surface area (Å²) in [5.74, 6) is 0.515. The average Bonchev–Trinajstić information content (AvgIpc) is 3.59. The van der Waals surface area contributed by atoms with Gasteiger partial charge in [-0.05, 0) is 82.1 Å². The van der Waals surface area contributed by atoms with Crippen molar-refractivity contribution < 1.29 is 31.2 Å². The number of rotatable bonds is 4. The highest BCUT2D eigenvalue weighted by Crippen LogP contribution is 2.60. The van der Waals surface area contributed by atoms with Gasteiger partial charge >= 0.3 is 12.2 Å². The zero-order valence-corrected chi connectivity index (χ0v) is 26.3. The van der Waals surface area contributed by atoms with E-state index in [2.05, 4.69) is 21.9 Å². The van der Waals surface area contributed by atoms with E-state index >= 15 is 0 Å². The smallest absolute Gasteiger partial charge is 0.370 e. The lowest BCUT2D eigenvalue weighted by Crippen LogP contribution is -2.41. The van der Waals surface area contributed by atoms with Crippen molar-refractivity contribution in [2.24, 2.45) is 17.3 Å². The van der Waals surface area contributed by atoms with Crippen LogP contribution in [0.15, 0.2) is 35.4 Å². The first-order valence-corrected chi connectivity index (χ1v) is 16.8. The summed E-state index contributed by atoms with van der Waals surface area (Å²) >= 11 is 0. The maximum absolute atomic E-state index is 13.6. The fourth-order valence-corrected chi connectivity index (χ4v) is 7.69. The maximum Gasteiger partial charge on any atom is 0.394 e. The minimum absolute atomic E-state index is 0.0110. The molecule has 3 amide bonds. The molecule has 3 fully saturated rings. The molecule has 2 aromatic heterocycles. The Labute approximate surface area is 260 Å². The zero-order chi connectivity index (χ0) is 32.4. The lowest BCUT2D eigenvalue weighted by Gasteiger charge is -2.34. The lowest BCUT2D eigenvalue weighted by atomic mass is 9.86. The van der Waals surface area contributed by atoms with Crippen LogP contribution in [-0.2, 0) is 10.0 Å². The molecule has 15 heteroatoms. The second-order valence-electron chi connectivity index (χ2n) is 13.4. The van der Waals surface area contributed by atoms with Gasteiger partial charge in [-0.2, -0.15) is 21.6 Å². The molecule has 2 aromatic rings. The van der Waals surface area contributed by atoms with Gasteiger partial charge in [-0.3, -0.25) is 9.69 Å². The summed E-state index contributed by atoms with van der Waals surface area (Å²) in [5, 5.41) is 2.89. The Morgan fingerprint density at radius 1 is 1.07 bits per heavy atom. The number of carbonyl (C=O) groups excluding carboxylic acids is 2. The molecular formula is C30H38F3N7O4S. The number of hydrogen-bond acceptors (Lipinski definition) is 8. The van der Waals surface area contributed by atoms with Crippen LogP contribution in [0.2, 0.25) is 0 Å². The van der Waals surface area contributed by atoms with Crippen molar-refractivity contribution in [1.82, 2.24) is 19.6 Å². The molecule has 5 heterocycles. The van der Waals surface area contributed by atoms with Crippen LogP contribution in [0.1, 0.15) is 63.2 Å². The second-order valence-corrected chi connectivity index (χ2v) is 15.0. The van der Waals surface area contributed by atoms with Gasteiger partial charge in [0, 0.05) is 38.3 Å². The third-order valence-electron chi connectivity index (χ3n) is 9.89. The molecular weight excluding hydrogens is 611 g/mol. The van der Waals surface area contributed by atoms with Gasteiger partial charge in [0.25, 0.3) is 15.9 Å². The number of alkyl halides is 3. The van der Waals surface area contributed by atoms with Gasteiger partial charge in [-0.25, -0.2) is 19.5 Å². The minimum atomic E-state index is -4.34. The predicted octanol–water partition coefficient (Wildman–Crippen LogP) is 4.63. The summed E-state index contributed by atoms with van der Waals surface area (Å²) in [4.78, 5) is 40.8. The quantitative estimate of drug-likeness (QED) is 0.491. The highest BCUT2D eigenvalue weighted by atomic mass is 32.2. The molecule has 0 unspecified atom stereocenters. The molecule has 45 heavy (non-hydrogen) atoms. The summed E-state index contributed by atoms with van der Waals surface area (Å²) in [6, 6.07) is 7.02. The third kappa shape index (κ3) is 5.90. The first-order valence-electron chi connectivity index (χ1n) is 15.3. The molecule has 6 rings (SSSR count). The van der Waals surface area contributed by atoms with Gasteiger partial charge in [0.05, 0.1) is 11.0 Å². The van der Waals surface area contributed by atoms with E-state index in [1.54, 1.807) is 12.1 Å². The predicted molar refractivity (Wildman–Crippen MR) is 162 cm³/mol. The zero-order valence-electron chi connectivity index (χ0n) is 25.5. The second kappa shape index (κ2) is 11.0. The Morgan fingerprint density at radius 2 is 1.82 bits per heavy atom. The number of aromatic nitrogens is 2. The fraction of sp³-hybridized carbons (Fsp3) is 0.600. The van der Waals surface area contributed by atoms with E-state index in [0.717, 1.165) is 12.8 Å². The molecule has 4 bridgehead atoms. The Hall–Kier alpha value is -3.62. The number of halogens is 3. The van der Waals surface area contributed by atoms with Crippen molar-refractivity contribution >= 4 is 39.4 Å². The van der Waals surface area contributed by atoms with Crippen molar-refractivity contribution in [3.8, 4) is 0 Å². The molecule has 1 aliphatic carbocycles. The SMILES string of the molecule is C[C@H]1CCNc2cccc(n2)S(=O)(=O)NC(=O)c2ccc(N3CCN(CCC4(C(F)(F)F)CC4)C3=O)nc2N2C[C@@H]1CC2(C)C. The Bertz CT molecular complexity index is 1610. The number of hydrogen-bond donors (Lipinski definition) is 2. The first kappa shape index (κ1) is 31.4. The van der Waals surface area contributed by atoms with Gasteiger partial charge in [0.2, 0.25) is 0 Å². The molecule has 0 spiro atoms. The number of sulfonamides is 1. The molecule has 11 nitrogen and oxygen atoms in total. The van der Waals surface area contributed by atoms with Crippen molar-refractivity contribution in [1.29, 1.82) is 0 Å². The highest BCUT2D eigenvalue weighted by Gasteiger charge is 2.62. The number of nitrogens with zero attached hydrogens (tertiary/aromatic N) is 5. The molecule has 3 aliphatic heterocycles. The molecule has 2 N–H and O–H groups in total. The number of carbonyl (C=O) groups is 2. The maximum atomic E-state index is 13.6. The number of urea groups is 1. The number of nitrogens with one attached hydrogen (secondary N) is 2. The van der Waals surface area contributed by atoms with E-state index in [-0.39, 0.29) is 73.0 Å². The van der Waals surface area contributed by atoms with Gasteiger partial charge in [0.15, 0.2) is 5.03 Å². The summed E-state index contributed by atoms with van der Waals surface area (Å²) < 4.78 is 69.0. The number of fused-ring (bicyclic) bond motifs is 6. The van der Waals surface area contributed by atoms with Gasteiger partial charge in [0.1, 0.15) is 17.5 Å². The van der Waals surface area contributed by atoms with E-state index in [1.165, 1.54) is 28.0 Å². The topological polar surface area (TPSA) is 128 Å². The summed E-state index contributed by atoms with van der Waals surface area (Å²) in [6.45, 7) is 7.85. The van der Waals surface area contributed by atoms with E-state index in [4.69, 9.17) is 4.98 Å². The fourth-order valence-electron chi connectivity index (χ4n) is 6.76. The van der Waals surface area contributed by atoms with E-state index in [1.807, 2.05) is 18.7 Å². The molecule has 1 saturated carbocycles. The van der Waals surface area contributed by atoms with Crippen LogP contribution in [-0.4, -0.2) is 79.7 Å². The number of pyridine rings is 2. The summed E-state index contributed by atoms with van der Waals surface area (Å²) in [6.07, 6.45) is -2.67. The van der Waals surface area contributed by atoms with Crippen LogP contribution in [0.5, 0.6) is 0 Å². The first-order chi connectivity index (χ1) is 21.1. The molecule has 244 valence electrons. The van der Waals surface area contributed by atoms with Crippen molar-refractivity contribution in [2.75, 3.05) is 47.8 Å². The molecule has 0 radical (unpaired) electrons. The highest BCUT2D eigenvalue weighted by molar-refractivity contribution is 7.90. The van der Waals surface area contributed by atoms with Crippen LogP contribution in [0.25, 0.3) is 0 Å². The minimum Gasteiger partial charge on any atom is -0.370 e. The van der Waals surface area contributed by atoms with Crippen molar-refractivity contribution in [3.05, 3.63) is 35.9 Å². The molecule has 2 saturated heterocycles. The number of anilines is 3. The van der Waals surface area contributed by atoms with E-state index < -0.39 is 39.1 Å². The van der Waals surface area contributed by atoms with Gasteiger partial charge in [-0.15, -0.1) is 0 Å². The molecule has 4 aliphatic rings. The monoisotopic (exact) mass is 649 g/mol. The number of amides is 3. The van der Waals surface area contributed by atoms with Crippen LogP contribution in [0.3, 0.4) is 0 Å². The Kier molecular flexibility index (Phi) is 7.68. The summed E-state index contributed by atoms with van der Waals surface area (Å²) in [5.41, 5.74) is -2.13. The largest absolute Gasteiger partial charge is 0.394 e. The lowest BCUT2D eigenvalue weighted by molar-refractivity contribution is -0.189. The Morgan fingerprint density at radius 3 is 2.53 bits per heavy atom. The standard InChI is InChI=1S/C30H38F3N7O4S/c1-19-9-13-34-22-5-4-6-24(35-22)45(43,44)37-26(41)21-7-8-23(36-25(21)40-18-20(19)17-28(40,2)3)39-16-15-38(27(39)42)14-12-29(10-11-29)30(31,32)33/h4-8,19-20H,9-18H2,1-3H3,(H,34,35)(H,37,41)/t19-,20-/m0/s1.